The van der Waals surface area contributed by atoms with Crippen LogP contribution in [-0.4, -0.2) is 11.4 Å². The van der Waals surface area contributed by atoms with Crippen LogP contribution in [0.4, 0.5) is 0 Å². The summed E-state index contributed by atoms with van der Waals surface area (Å²) >= 11 is 0. The predicted molar refractivity (Wildman–Crippen MR) is 60.7 cm³/mol. The third-order valence-corrected chi connectivity index (χ3v) is 2.25. The average Bonchev–Trinajstić information content (AvgIpc) is 2.80. The zero-order valence-corrected chi connectivity index (χ0v) is 9.13. The molecular formula is C13H12O4. The Morgan fingerprint density at radius 2 is 1.88 bits per heavy atom. The van der Waals surface area contributed by atoms with E-state index in [9.17, 15) is 4.79 Å². The third kappa shape index (κ3) is 3.19. The van der Waals surface area contributed by atoms with Crippen molar-refractivity contribution in [2.24, 2.45) is 0 Å². The minimum Gasteiger partial charge on any atom is -0.508 e. The van der Waals surface area contributed by atoms with Gasteiger partial charge in [0.15, 0.2) is 12.0 Å². The van der Waals surface area contributed by atoms with Crippen molar-refractivity contribution >= 4 is 6.29 Å². The number of phenols is 1. The zero-order chi connectivity index (χ0) is 12.1. The van der Waals surface area contributed by atoms with E-state index in [4.69, 9.17) is 14.3 Å². The van der Waals surface area contributed by atoms with E-state index in [2.05, 4.69) is 0 Å². The fraction of sp³-hybridized carbons (Fsp3) is 0.154. The lowest BCUT2D eigenvalue weighted by atomic mass is 10.2. The molecule has 0 atom stereocenters. The SMILES string of the molecule is O=Cc1ccc(COCc2ccc(O)cc2)o1. The number of phenolic OH excluding ortho intramolecular Hbond substituents is 1. The average molecular weight is 232 g/mol. The Morgan fingerprint density at radius 3 is 2.53 bits per heavy atom. The number of aromatic hydroxyl groups is 1. The Bertz CT molecular complexity index is 484. The maximum atomic E-state index is 10.4. The quantitative estimate of drug-likeness (QED) is 0.804. The molecule has 1 N–H and O–H groups in total. The highest BCUT2D eigenvalue weighted by atomic mass is 16.5. The Hall–Kier alpha value is -2.07. The first-order chi connectivity index (χ1) is 8.28. The minimum absolute atomic E-state index is 0.232. The highest BCUT2D eigenvalue weighted by Crippen LogP contribution is 2.12. The van der Waals surface area contributed by atoms with Crippen molar-refractivity contribution in [3.05, 3.63) is 53.5 Å². The number of hydrogen-bond acceptors (Lipinski definition) is 4. The van der Waals surface area contributed by atoms with Gasteiger partial charge in [-0.3, -0.25) is 4.79 Å². The van der Waals surface area contributed by atoms with Crippen LogP contribution in [0.15, 0.2) is 40.8 Å². The van der Waals surface area contributed by atoms with E-state index >= 15 is 0 Å². The van der Waals surface area contributed by atoms with E-state index in [0.717, 1.165) is 5.56 Å². The first-order valence-corrected chi connectivity index (χ1v) is 5.17. The summed E-state index contributed by atoms with van der Waals surface area (Å²) in [6.45, 7) is 0.742. The first-order valence-electron chi connectivity index (χ1n) is 5.17. The third-order valence-electron chi connectivity index (χ3n) is 2.25. The summed E-state index contributed by atoms with van der Waals surface area (Å²) in [5.74, 6) is 1.15. The maximum Gasteiger partial charge on any atom is 0.185 e. The summed E-state index contributed by atoms with van der Waals surface area (Å²) in [6, 6.07) is 10.1. The van der Waals surface area contributed by atoms with E-state index in [-0.39, 0.29) is 5.75 Å². The molecule has 17 heavy (non-hydrogen) atoms. The molecule has 0 amide bonds. The number of benzene rings is 1. The number of carbonyl (C=O) groups excluding carboxylic acids is 1. The van der Waals surface area contributed by atoms with Crippen LogP contribution in [0.2, 0.25) is 0 Å². The van der Waals surface area contributed by atoms with E-state index in [1.807, 2.05) is 0 Å². The molecule has 1 aromatic carbocycles. The molecule has 1 aromatic heterocycles. The number of aldehydes is 1. The molecule has 0 unspecified atom stereocenters. The second-order valence-electron chi connectivity index (χ2n) is 3.58. The minimum atomic E-state index is 0.232. The van der Waals surface area contributed by atoms with E-state index in [1.54, 1.807) is 36.4 Å². The molecule has 2 rings (SSSR count). The second kappa shape index (κ2) is 5.32. The zero-order valence-electron chi connectivity index (χ0n) is 9.13. The summed E-state index contributed by atoms with van der Waals surface area (Å²) in [5.41, 5.74) is 0.963. The molecule has 88 valence electrons. The molecule has 0 aliphatic heterocycles. The van der Waals surface area contributed by atoms with Gasteiger partial charge in [-0.15, -0.1) is 0 Å². The molecule has 1 heterocycles. The molecule has 0 bridgehead atoms. The lowest BCUT2D eigenvalue weighted by Gasteiger charge is -2.02. The summed E-state index contributed by atoms with van der Waals surface area (Å²) in [4.78, 5) is 10.4. The van der Waals surface area contributed by atoms with Gasteiger partial charge in [-0.1, -0.05) is 12.1 Å². The fourth-order valence-corrected chi connectivity index (χ4v) is 1.40. The van der Waals surface area contributed by atoms with Crippen LogP contribution >= 0.6 is 0 Å². The van der Waals surface area contributed by atoms with Crippen molar-refractivity contribution in [1.82, 2.24) is 0 Å². The highest BCUT2D eigenvalue weighted by molar-refractivity contribution is 5.70. The van der Waals surface area contributed by atoms with Crippen molar-refractivity contribution in [3.8, 4) is 5.75 Å². The summed E-state index contributed by atoms with van der Waals surface area (Å²) < 4.78 is 10.6. The molecule has 0 saturated heterocycles. The van der Waals surface area contributed by atoms with Crippen LogP contribution < -0.4 is 0 Å². The number of hydrogen-bond donors (Lipinski definition) is 1. The van der Waals surface area contributed by atoms with Crippen molar-refractivity contribution < 1.29 is 19.1 Å². The van der Waals surface area contributed by atoms with Gasteiger partial charge in [0.1, 0.15) is 18.1 Å². The largest absolute Gasteiger partial charge is 0.508 e. The van der Waals surface area contributed by atoms with Crippen molar-refractivity contribution in [3.63, 3.8) is 0 Å². The number of carbonyl (C=O) groups is 1. The molecule has 0 fully saturated rings. The van der Waals surface area contributed by atoms with E-state index in [0.29, 0.717) is 31.0 Å². The van der Waals surface area contributed by atoms with E-state index < -0.39 is 0 Å². The van der Waals surface area contributed by atoms with Gasteiger partial charge in [0, 0.05) is 0 Å². The smallest absolute Gasteiger partial charge is 0.185 e. The molecule has 0 radical (unpaired) electrons. The molecule has 4 heteroatoms. The number of rotatable bonds is 5. The van der Waals surface area contributed by atoms with Gasteiger partial charge in [0.2, 0.25) is 0 Å². The standard InChI is InChI=1S/C13H12O4/c14-7-12-5-6-13(17-12)9-16-8-10-1-3-11(15)4-2-10/h1-7,15H,8-9H2. The van der Waals surface area contributed by atoms with Gasteiger partial charge in [0.25, 0.3) is 0 Å². The van der Waals surface area contributed by atoms with Crippen LogP contribution in [0.5, 0.6) is 5.75 Å². The fourth-order valence-electron chi connectivity index (χ4n) is 1.40. The van der Waals surface area contributed by atoms with Crippen LogP contribution in [-0.2, 0) is 18.0 Å². The maximum absolute atomic E-state index is 10.4. The molecule has 2 aromatic rings. The van der Waals surface area contributed by atoms with Gasteiger partial charge in [0.05, 0.1) is 6.61 Å². The Balaban J connectivity index is 1.83. The molecule has 0 aliphatic rings. The molecular weight excluding hydrogens is 220 g/mol. The van der Waals surface area contributed by atoms with Crippen molar-refractivity contribution in [1.29, 1.82) is 0 Å². The second-order valence-corrected chi connectivity index (χ2v) is 3.58. The first kappa shape index (κ1) is 11.4. The Morgan fingerprint density at radius 1 is 1.12 bits per heavy atom. The summed E-state index contributed by atoms with van der Waals surface area (Å²) in [5, 5.41) is 9.10. The summed E-state index contributed by atoms with van der Waals surface area (Å²) in [6.07, 6.45) is 0.656. The number of ether oxygens (including phenoxy) is 1. The van der Waals surface area contributed by atoms with Crippen molar-refractivity contribution in [2.75, 3.05) is 0 Å². The van der Waals surface area contributed by atoms with E-state index in [1.165, 1.54) is 0 Å². The molecule has 4 nitrogen and oxygen atoms in total. The normalized spacial score (nSPS) is 10.4. The Kier molecular flexibility index (Phi) is 3.57. The van der Waals surface area contributed by atoms with Crippen molar-refractivity contribution in [2.45, 2.75) is 13.2 Å². The molecule has 0 aliphatic carbocycles. The van der Waals surface area contributed by atoms with Crippen LogP contribution in [0.25, 0.3) is 0 Å². The van der Waals surface area contributed by atoms with Gasteiger partial charge in [-0.2, -0.15) is 0 Å². The van der Waals surface area contributed by atoms with Crippen LogP contribution in [0, 0.1) is 0 Å². The Labute approximate surface area is 98.4 Å². The van der Waals surface area contributed by atoms with Gasteiger partial charge >= 0.3 is 0 Å². The monoisotopic (exact) mass is 232 g/mol. The van der Waals surface area contributed by atoms with Gasteiger partial charge in [-0.05, 0) is 29.8 Å². The topological polar surface area (TPSA) is 59.7 Å². The van der Waals surface area contributed by atoms with Crippen LogP contribution in [0.1, 0.15) is 21.9 Å². The molecule has 0 spiro atoms. The van der Waals surface area contributed by atoms with Crippen LogP contribution in [0.3, 0.4) is 0 Å². The summed E-state index contributed by atoms with van der Waals surface area (Å²) in [7, 11) is 0. The van der Waals surface area contributed by atoms with Gasteiger partial charge < -0.3 is 14.3 Å². The molecule has 0 saturated carbocycles. The number of furan rings is 1. The lowest BCUT2D eigenvalue weighted by Crippen LogP contribution is -1.92. The lowest BCUT2D eigenvalue weighted by molar-refractivity contribution is 0.0907. The van der Waals surface area contributed by atoms with Gasteiger partial charge in [-0.25, -0.2) is 0 Å². The predicted octanol–water partition coefficient (Wildman–Crippen LogP) is 2.51. The highest BCUT2D eigenvalue weighted by Gasteiger charge is 2.01.